The first kappa shape index (κ1) is 13.0. The van der Waals surface area contributed by atoms with Crippen molar-refractivity contribution in [3.05, 3.63) is 33.1 Å². The van der Waals surface area contributed by atoms with Crippen LogP contribution in [0.25, 0.3) is 0 Å². The van der Waals surface area contributed by atoms with Gasteiger partial charge in [0.25, 0.3) is 0 Å². The van der Waals surface area contributed by atoms with Gasteiger partial charge in [-0.1, -0.05) is 11.6 Å². The number of hydrogen-bond acceptors (Lipinski definition) is 4. The standard InChI is InChI=1S/C11H12ClFN2O3/c12-8-3-11(10(15(16)17)4-9(8)13)18-6-7-1-2-14-5-7/h3-4,7,14H,1-2,5-6H2. The zero-order valence-electron chi connectivity index (χ0n) is 9.49. The topological polar surface area (TPSA) is 64.4 Å². The first-order chi connectivity index (χ1) is 8.58. The molecule has 0 amide bonds. The van der Waals surface area contributed by atoms with Crippen molar-refractivity contribution < 1.29 is 14.1 Å². The van der Waals surface area contributed by atoms with E-state index in [9.17, 15) is 14.5 Å². The van der Waals surface area contributed by atoms with Crippen molar-refractivity contribution in [3.8, 4) is 5.75 Å². The summed E-state index contributed by atoms with van der Waals surface area (Å²) in [6.45, 7) is 2.10. The number of benzene rings is 1. The molecule has 0 spiro atoms. The number of nitro benzene ring substituents is 1. The third-order valence-corrected chi connectivity index (χ3v) is 3.13. The SMILES string of the molecule is O=[N+]([O-])c1cc(F)c(Cl)cc1OCC1CCNC1. The Morgan fingerprint density at radius 2 is 2.39 bits per heavy atom. The minimum Gasteiger partial charge on any atom is -0.486 e. The molecule has 1 aliphatic heterocycles. The molecule has 1 heterocycles. The van der Waals surface area contributed by atoms with Crippen molar-refractivity contribution in [1.29, 1.82) is 0 Å². The number of nitro groups is 1. The van der Waals surface area contributed by atoms with Crippen LogP contribution in [0.15, 0.2) is 12.1 Å². The Hall–Kier alpha value is -1.40. The van der Waals surface area contributed by atoms with Crippen LogP contribution < -0.4 is 10.1 Å². The maximum Gasteiger partial charge on any atom is 0.313 e. The first-order valence-corrected chi connectivity index (χ1v) is 5.92. The van der Waals surface area contributed by atoms with Gasteiger partial charge in [-0.15, -0.1) is 0 Å². The molecule has 1 saturated heterocycles. The second kappa shape index (κ2) is 5.49. The number of nitrogens with zero attached hydrogens (tertiary/aromatic N) is 1. The van der Waals surface area contributed by atoms with Crippen molar-refractivity contribution >= 4 is 17.3 Å². The molecule has 0 aromatic heterocycles. The van der Waals surface area contributed by atoms with Gasteiger partial charge in [-0.3, -0.25) is 10.1 Å². The molecule has 0 radical (unpaired) electrons. The third-order valence-electron chi connectivity index (χ3n) is 2.84. The molecular weight excluding hydrogens is 263 g/mol. The second-order valence-corrected chi connectivity index (χ2v) is 4.57. The van der Waals surface area contributed by atoms with E-state index in [2.05, 4.69) is 5.32 Å². The minimum absolute atomic E-state index is 0.0123. The van der Waals surface area contributed by atoms with E-state index in [4.69, 9.17) is 16.3 Å². The van der Waals surface area contributed by atoms with Crippen molar-refractivity contribution in [2.75, 3.05) is 19.7 Å². The van der Waals surface area contributed by atoms with Crippen LogP contribution in [0.2, 0.25) is 5.02 Å². The summed E-state index contributed by atoms with van der Waals surface area (Å²) in [6, 6.07) is 1.93. The molecule has 0 saturated carbocycles. The molecule has 0 bridgehead atoms. The summed E-state index contributed by atoms with van der Waals surface area (Å²) in [5.74, 6) is -0.495. The van der Waals surface area contributed by atoms with Gasteiger partial charge in [0.2, 0.25) is 0 Å². The molecule has 1 fully saturated rings. The Bertz CT molecular complexity index is 464. The van der Waals surface area contributed by atoms with E-state index in [1.807, 2.05) is 0 Å². The Kier molecular flexibility index (Phi) is 3.98. The van der Waals surface area contributed by atoms with Gasteiger partial charge < -0.3 is 10.1 Å². The molecule has 98 valence electrons. The fraction of sp³-hybridized carbons (Fsp3) is 0.455. The van der Waals surface area contributed by atoms with E-state index < -0.39 is 16.4 Å². The van der Waals surface area contributed by atoms with Gasteiger partial charge in [-0.2, -0.15) is 0 Å². The van der Waals surface area contributed by atoms with Gasteiger partial charge in [0, 0.05) is 18.5 Å². The number of nitrogens with one attached hydrogen (secondary N) is 1. The third kappa shape index (κ3) is 2.88. The average Bonchev–Trinajstić information content (AvgIpc) is 2.83. The predicted octanol–water partition coefficient (Wildman–Crippen LogP) is 2.38. The van der Waals surface area contributed by atoms with Gasteiger partial charge in [-0.25, -0.2) is 4.39 Å². The summed E-state index contributed by atoms with van der Waals surface area (Å²) < 4.78 is 18.5. The highest BCUT2D eigenvalue weighted by Gasteiger charge is 2.21. The summed E-state index contributed by atoms with van der Waals surface area (Å²) in [5.41, 5.74) is -0.400. The number of halogens is 2. The normalized spacial score (nSPS) is 18.9. The van der Waals surface area contributed by atoms with E-state index in [1.165, 1.54) is 0 Å². The van der Waals surface area contributed by atoms with Gasteiger partial charge in [0.1, 0.15) is 5.82 Å². The number of rotatable bonds is 4. The molecule has 2 rings (SSSR count). The average molecular weight is 275 g/mol. The number of hydrogen-bond donors (Lipinski definition) is 1. The molecule has 0 aliphatic carbocycles. The fourth-order valence-corrected chi connectivity index (χ4v) is 1.99. The number of ether oxygens (including phenoxy) is 1. The monoisotopic (exact) mass is 274 g/mol. The highest BCUT2D eigenvalue weighted by molar-refractivity contribution is 6.31. The predicted molar refractivity (Wildman–Crippen MR) is 64.5 cm³/mol. The molecule has 7 heteroatoms. The fourth-order valence-electron chi connectivity index (χ4n) is 1.84. The van der Waals surface area contributed by atoms with Crippen LogP contribution in [-0.4, -0.2) is 24.6 Å². The zero-order chi connectivity index (χ0) is 13.1. The van der Waals surface area contributed by atoms with Gasteiger partial charge in [-0.05, 0) is 13.0 Å². The van der Waals surface area contributed by atoms with Crippen LogP contribution in [0.3, 0.4) is 0 Å². The Morgan fingerprint density at radius 1 is 1.61 bits per heavy atom. The lowest BCUT2D eigenvalue weighted by Gasteiger charge is -2.11. The van der Waals surface area contributed by atoms with E-state index in [0.717, 1.165) is 31.6 Å². The Labute approximate surface area is 108 Å². The summed E-state index contributed by atoms with van der Waals surface area (Å²) in [6.07, 6.45) is 0.961. The molecule has 1 N–H and O–H groups in total. The van der Waals surface area contributed by atoms with Crippen molar-refractivity contribution in [1.82, 2.24) is 5.32 Å². The van der Waals surface area contributed by atoms with Crippen molar-refractivity contribution in [2.24, 2.45) is 5.92 Å². The van der Waals surface area contributed by atoms with E-state index >= 15 is 0 Å². The van der Waals surface area contributed by atoms with Crippen LogP contribution in [0.1, 0.15) is 6.42 Å². The largest absolute Gasteiger partial charge is 0.486 e. The maximum atomic E-state index is 13.2. The van der Waals surface area contributed by atoms with E-state index in [-0.39, 0.29) is 10.8 Å². The molecule has 1 aliphatic rings. The molecular formula is C11H12ClFN2O3. The summed E-state index contributed by atoms with van der Waals surface area (Å²) in [7, 11) is 0. The molecule has 1 unspecified atom stereocenters. The lowest BCUT2D eigenvalue weighted by molar-refractivity contribution is -0.386. The molecule has 1 aromatic rings. The molecule has 1 atom stereocenters. The quantitative estimate of drug-likeness (QED) is 0.676. The summed E-state index contributed by atoms with van der Waals surface area (Å²) in [5, 5.41) is 13.8. The zero-order valence-corrected chi connectivity index (χ0v) is 10.2. The maximum absolute atomic E-state index is 13.2. The smallest absolute Gasteiger partial charge is 0.313 e. The summed E-state index contributed by atoms with van der Waals surface area (Å²) in [4.78, 5) is 10.1. The van der Waals surface area contributed by atoms with Crippen LogP contribution in [0.5, 0.6) is 5.75 Å². The Morgan fingerprint density at radius 3 is 3.00 bits per heavy atom. The molecule has 5 nitrogen and oxygen atoms in total. The van der Waals surface area contributed by atoms with E-state index in [1.54, 1.807) is 0 Å². The van der Waals surface area contributed by atoms with Crippen molar-refractivity contribution in [3.63, 3.8) is 0 Å². The van der Waals surface area contributed by atoms with Crippen LogP contribution in [-0.2, 0) is 0 Å². The second-order valence-electron chi connectivity index (χ2n) is 4.16. The van der Waals surface area contributed by atoms with E-state index in [0.29, 0.717) is 12.5 Å². The van der Waals surface area contributed by atoms with Gasteiger partial charge in [0.05, 0.1) is 22.6 Å². The van der Waals surface area contributed by atoms with Crippen molar-refractivity contribution in [2.45, 2.75) is 6.42 Å². The first-order valence-electron chi connectivity index (χ1n) is 5.55. The molecule has 1 aromatic carbocycles. The highest BCUT2D eigenvalue weighted by atomic mass is 35.5. The lowest BCUT2D eigenvalue weighted by atomic mass is 10.1. The Balaban J connectivity index is 2.14. The summed E-state index contributed by atoms with van der Waals surface area (Å²) >= 11 is 5.60. The van der Waals surface area contributed by atoms with Gasteiger partial charge >= 0.3 is 5.69 Å². The van der Waals surface area contributed by atoms with Crippen LogP contribution in [0, 0.1) is 21.8 Å². The van der Waals surface area contributed by atoms with Crippen LogP contribution in [0.4, 0.5) is 10.1 Å². The van der Waals surface area contributed by atoms with Gasteiger partial charge in [0.15, 0.2) is 5.75 Å². The van der Waals surface area contributed by atoms with Crippen LogP contribution >= 0.6 is 11.6 Å². The highest BCUT2D eigenvalue weighted by Crippen LogP contribution is 2.32. The minimum atomic E-state index is -0.821. The lowest BCUT2D eigenvalue weighted by Crippen LogP contribution is -2.16. The molecule has 18 heavy (non-hydrogen) atoms.